The number of unbranched alkanes of at least 4 members (excludes halogenated alkanes) is 1. The largest absolute Gasteiger partial charge is 0.382 e. The number of aromatic nitrogens is 3. The van der Waals surface area contributed by atoms with Crippen molar-refractivity contribution in [1.29, 1.82) is 0 Å². The monoisotopic (exact) mass is 738 g/mol. The van der Waals surface area contributed by atoms with Crippen molar-refractivity contribution in [2.75, 3.05) is 138 Å². The predicted molar refractivity (Wildman–Crippen MR) is 201 cm³/mol. The molecule has 1 fully saturated rings. The Kier molecular flexibility index (Phi) is 21.2. The van der Waals surface area contributed by atoms with E-state index in [9.17, 15) is 0 Å². The molecule has 3 aromatic rings. The van der Waals surface area contributed by atoms with Crippen LogP contribution in [-0.2, 0) is 50.9 Å². The van der Waals surface area contributed by atoms with Crippen LogP contribution in [0.3, 0.4) is 0 Å². The molecular formula is C36H62N6O8S. The van der Waals surface area contributed by atoms with E-state index in [0.29, 0.717) is 117 Å². The molecule has 3 aromatic heterocycles. The third-order valence-corrected chi connectivity index (χ3v) is 9.62. The summed E-state index contributed by atoms with van der Waals surface area (Å²) in [6, 6.07) is 2.06. The van der Waals surface area contributed by atoms with Gasteiger partial charge in [0.05, 0.1) is 121 Å². The number of piperidine rings is 1. The zero-order valence-corrected chi connectivity index (χ0v) is 31.6. The normalized spacial score (nSPS) is 14.5. The van der Waals surface area contributed by atoms with Gasteiger partial charge < -0.3 is 58.8 Å². The summed E-state index contributed by atoms with van der Waals surface area (Å²) >= 11 is 1.73. The Labute approximate surface area is 307 Å². The van der Waals surface area contributed by atoms with E-state index in [1.807, 2.05) is 0 Å². The summed E-state index contributed by atoms with van der Waals surface area (Å²) in [5, 5.41) is 2.10. The van der Waals surface area contributed by atoms with Crippen LogP contribution in [-0.4, -0.2) is 151 Å². The van der Waals surface area contributed by atoms with E-state index in [4.69, 9.17) is 54.3 Å². The highest BCUT2D eigenvalue weighted by Crippen LogP contribution is 2.34. The van der Waals surface area contributed by atoms with Gasteiger partial charge in [-0.3, -0.25) is 0 Å². The summed E-state index contributed by atoms with van der Waals surface area (Å²) < 4.78 is 47.8. The van der Waals surface area contributed by atoms with Gasteiger partial charge in [0, 0.05) is 26.1 Å². The first-order chi connectivity index (χ1) is 25.2. The van der Waals surface area contributed by atoms with E-state index in [0.717, 1.165) is 68.9 Å². The maximum Gasteiger partial charge on any atom is 0.152 e. The summed E-state index contributed by atoms with van der Waals surface area (Å²) in [6.07, 6.45) is 5.58. The van der Waals surface area contributed by atoms with Crippen molar-refractivity contribution >= 4 is 38.4 Å². The number of pyridine rings is 1. The minimum absolute atomic E-state index is 0.525. The lowest BCUT2D eigenvalue weighted by atomic mass is 9.96. The van der Waals surface area contributed by atoms with Crippen LogP contribution in [0.1, 0.15) is 38.4 Å². The van der Waals surface area contributed by atoms with E-state index in [2.05, 4.69) is 32.8 Å². The number of thiophene rings is 1. The topological polar surface area (TPSA) is 160 Å². The van der Waals surface area contributed by atoms with Gasteiger partial charge in [0.25, 0.3) is 0 Å². The molecule has 0 atom stereocenters. The molecule has 290 valence electrons. The molecule has 1 saturated heterocycles. The molecular weight excluding hydrogens is 676 g/mol. The number of imidazole rings is 1. The number of rotatable bonds is 31. The second kappa shape index (κ2) is 25.9. The molecule has 0 aromatic carbocycles. The summed E-state index contributed by atoms with van der Waals surface area (Å²) in [6.45, 7) is 15.7. The van der Waals surface area contributed by atoms with Gasteiger partial charge in [-0.1, -0.05) is 13.3 Å². The van der Waals surface area contributed by atoms with Gasteiger partial charge in [0.15, 0.2) is 5.82 Å². The van der Waals surface area contributed by atoms with Crippen LogP contribution in [0.4, 0.5) is 5.82 Å². The molecule has 0 unspecified atom stereocenters. The molecule has 0 bridgehead atoms. The lowest BCUT2D eigenvalue weighted by Crippen LogP contribution is -2.37. The average molecular weight is 739 g/mol. The Morgan fingerprint density at radius 2 is 1.24 bits per heavy atom. The lowest BCUT2D eigenvalue weighted by Gasteiger charge is -2.32. The molecule has 1 aliphatic rings. The van der Waals surface area contributed by atoms with E-state index in [-0.39, 0.29) is 0 Å². The summed E-state index contributed by atoms with van der Waals surface area (Å²) in [5.41, 5.74) is 14.7. The molecule has 0 radical (unpaired) electrons. The molecule has 15 heteroatoms. The van der Waals surface area contributed by atoms with Crippen molar-refractivity contribution < 1.29 is 37.9 Å². The first-order valence-electron chi connectivity index (χ1n) is 18.8. The Morgan fingerprint density at radius 1 is 0.725 bits per heavy atom. The minimum atomic E-state index is 0.525. The maximum atomic E-state index is 6.37. The number of ether oxygens (including phenoxy) is 8. The molecule has 1 aliphatic heterocycles. The number of fused-ring (bicyclic) bond motifs is 3. The molecule has 14 nitrogen and oxygen atoms in total. The standard InChI is InChI=1S/C36H62N6O8S/c1-2-3-4-32-40-33-34(35-31(7-28-51-35)39-36(33)38)42(32)29-30-5-9-41(10-6-30)11-13-44-15-17-46-19-21-48-23-25-50-27-26-49-24-22-47-20-18-45-16-14-43-12-8-37/h7,28,30H,2-6,8-27,29,37H2,1H3,(H2,38,39). The van der Waals surface area contributed by atoms with Crippen molar-refractivity contribution in [2.45, 2.75) is 45.6 Å². The summed E-state index contributed by atoms with van der Waals surface area (Å²) in [5.74, 6) is 2.31. The van der Waals surface area contributed by atoms with Crippen molar-refractivity contribution in [3.63, 3.8) is 0 Å². The quantitative estimate of drug-likeness (QED) is 0.0927. The van der Waals surface area contributed by atoms with Crippen molar-refractivity contribution in [3.8, 4) is 0 Å². The van der Waals surface area contributed by atoms with Gasteiger partial charge in [-0.2, -0.15) is 0 Å². The molecule has 0 saturated carbocycles. The summed E-state index contributed by atoms with van der Waals surface area (Å²) in [7, 11) is 0. The first-order valence-corrected chi connectivity index (χ1v) is 19.6. The SMILES string of the molecule is CCCCc1nc2c(N)nc3ccsc3c2n1CC1CCN(CCOCCOCCOCCOCCOCCOCCOCCOCCN)CC1. The van der Waals surface area contributed by atoms with Crippen LogP contribution >= 0.6 is 11.3 Å². The molecule has 4 heterocycles. The van der Waals surface area contributed by atoms with Crippen LogP contribution in [0.5, 0.6) is 0 Å². The Balaban J connectivity index is 0.928. The smallest absolute Gasteiger partial charge is 0.152 e. The second-order valence-electron chi connectivity index (χ2n) is 12.5. The highest BCUT2D eigenvalue weighted by molar-refractivity contribution is 7.18. The second-order valence-corrected chi connectivity index (χ2v) is 13.5. The van der Waals surface area contributed by atoms with E-state index >= 15 is 0 Å². The van der Waals surface area contributed by atoms with Crippen LogP contribution in [0.25, 0.3) is 21.3 Å². The van der Waals surface area contributed by atoms with Gasteiger partial charge in [0.2, 0.25) is 0 Å². The third kappa shape index (κ3) is 15.5. The van der Waals surface area contributed by atoms with Gasteiger partial charge in [-0.25, -0.2) is 9.97 Å². The van der Waals surface area contributed by atoms with Gasteiger partial charge >= 0.3 is 0 Å². The average Bonchev–Trinajstić information content (AvgIpc) is 3.76. The van der Waals surface area contributed by atoms with Crippen molar-refractivity contribution in [3.05, 3.63) is 17.3 Å². The maximum absolute atomic E-state index is 6.37. The van der Waals surface area contributed by atoms with Gasteiger partial charge in [-0.15, -0.1) is 11.3 Å². The fraction of sp³-hybridized carbons (Fsp3) is 0.778. The Bertz CT molecular complexity index is 1320. The third-order valence-electron chi connectivity index (χ3n) is 8.71. The highest BCUT2D eigenvalue weighted by atomic mass is 32.1. The number of nitrogens with zero attached hydrogens (tertiary/aromatic N) is 4. The summed E-state index contributed by atoms with van der Waals surface area (Å²) in [4.78, 5) is 12.1. The number of likely N-dealkylation sites (tertiary alicyclic amines) is 1. The van der Waals surface area contributed by atoms with E-state index < -0.39 is 0 Å². The van der Waals surface area contributed by atoms with Gasteiger partial charge in [-0.05, 0) is 49.7 Å². The molecule has 51 heavy (non-hydrogen) atoms. The molecule has 0 aliphatic carbocycles. The van der Waals surface area contributed by atoms with Crippen LogP contribution < -0.4 is 11.5 Å². The number of aryl methyl sites for hydroxylation is 1. The lowest BCUT2D eigenvalue weighted by molar-refractivity contribution is -0.0234. The number of nitrogen functional groups attached to an aromatic ring is 1. The van der Waals surface area contributed by atoms with E-state index in [1.165, 1.54) is 23.1 Å². The highest BCUT2D eigenvalue weighted by Gasteiger charge is 2.24. The molecule has 0 amide bonds. The zero-order chi connectivity index (χ0) is 35.8. The fourth-order valence-electron chi connectivity index (χ4n) is 5.95. The van der Waals surface area contributed by atoms with Crippen LogP contribution in [0.2, 0.25) is 0 Å². The number of anilines is 1. The van der Waals surface area contributed by atoms with Gasteiger partial charge in [0.1, 0.15) is 11.3 Å². The zero-order valence-electron chi connectivity index (χ0n) is 30.7. The number of hydrogen-bond acceptors (Lipinski definition) is 14. The van der Waals surface area contributed by atoms with Crippen LogP contribution in [0.15, 0.2) is 11.4 Å². The molecule has 4 N–H and O–H groups in total. The predicted octanol–water partition coefficient (Wildman–Crippen LogP) is 3.37. The Hall–Kier alpha value is -2.02. The fourth-order valence-corrected chi connectivity index (χ4v) is 6.84. The minimum Gasteiger partial charge on any atom is -0.382 e. The van der Waals surface area contributed by atoms with Crippen LogP contribution in [0, 0.1) is 5.92 Å². The van der Waals surface area contributed by atoms with E-state index in [1.54, 1.807) is 11.3 Å². The van der Waals surface area contributed by atoms with Crippen molar-refractivity contribution in [2.24, 2.45) is 11.7 Å². The number of hydrogen-bond donors (Lipinski definition) is 2. The molecule has 4 rings (SSSR count). The first kappa shape index (κ1) is 41.7. The van der Waals surface area contributed by atoms with Crippen molar-refractivity contribution in [1.82, 2.24) is 19.4 Å². The number of nitrogens with two attached hydrogens (primary N) is 2. The molecule has 0 spiro atoms. The Morgan fingerprint density at radius 3 is 1.75 bits per heavy atom.